The number of carbonyl (C=O) groups excluding carboxylic acids is 1. The third kappa shape index (κ3) is 2.72. The zero-order valence-electron chi connectivity index (χ0n) is 9.82. The van der Waals surface area contributed by atoms with Crippen LogP contribution in [-0.2, 0) is 9.53 Å². The molecule has 86 valence electrons. The van der Waals surface area contributed by atoms with Crippen LogP contribution in [0.1, 0.15) is 13.8 Å². The van der Waals surface area contributed by atoms with Gasteiger partial charge in [-0.2, -0.15) is 0 Å². The number of hydrogen-bond acceptors (Lipinski definition) is 4. The molecular formula is C11H20N2O2. The maximum Gasteiger partial charge on any atom is 0.329 e. The van der Waals surface area contributed by atoms with E-state index in [1.165, 1.54) is 7.11 Å². The number of likely N-dealkylation sites (N-methyl/N-ethyl adjacent to an activating group) is 1. The molecule has 1 aliphatic rings. The first kappa shape index (κ1) is 12.0. The molecule has 0 N–H and O–H groups in total. The summed E-state index contributed by atoms with van der Waals surface area (Å²) in [6.07, 6.45) is 0. The number of methoxy groups -OCH3 is 1. The molecule has 1 atom stereocenters. The standard InChI is InChI=1S/C11H20N2O2/c1-5-12-6-7-13(9(2)3)10(8-12)11(14)15-4/h10H,2,5-8H2,1,3-4H3. The summed E-state index contributed by atoms with van der Waals surface area (Å²) in [5, 5.41) is 0. The molecule has 0 saturated carbocycles. The van der Waals surface area contributed by atoms with Crippen LogP contribution >= 0.6 is 0 Å². The second-order valence-electron chi connectivity index (χ2n) is 3.86. The summed E-state index contributed by atoms with van der Waals surface area (Å²) in [7, 11) is 1.43. The van der Waals surface area contributed by atoms with Crippen molar-refractivity contribution in [3.63, 3.8) is 0 Å². The summed E-state index contributed by atoms with van der Waals surface area (Å²) < 4.78 is 4.81. The predicted molar refractivity (Wildman–Crippen MR) is 59.4 cm³/mol. The van der Waals surface area contributed by atoms with Gasteiger partial charge >= 0.3 is 5.97 Å². The molecule has 0 spiro atoms. The highest BCUT2D eigenvalue weighted by Gasteiger charge is 2.32. The Morgan fingerprint density at radius 3 is 2.67 bits per heavy atom. The van der Waals surface area contributed by atoms with E-state index in [1.54, 1.807) is 0 Å². The van der Waals surface area contributed by atoms with Gasteiger partial charge in [-0.3, -0.25) is 4.90 Å². The van der Waals surface area contributed by atoms with Gasteiger partial charge < -0.3 is 9.64 Å². The quantitative estimate of drug-likeness (QED) is 0.645. The summed E-state index contributed by atoms with van der Waals surface area (Å²) in [5.41, 5.74) is 0.932. The van der Waals surface area contributed by atoms with Gasteiger partial charge in [-0.05, 0) is 13.5 Å². The number of esters is 1. The number of carbonyl (C=O) groups is 1. The van der Waals surface area contributed by atoms with Gasteiger partial charge in [0.15, 0.2) is 0 Å². The molecule has 4 heteroatoms. The predicted octanol–water partition coefficient (Wildman–Crippen LogP) is 0.699. The minimum Gasteiger partial charge on any atom is -0.467 e. The fraction of sp³-hybridized carbons (Fsp3) is 0.727. The molecule has 4 nitrogen and oxygen atoms in total. The number of allylic oxidation sites excluding steroid dienone is 1. The van der Waals surface area contributed by atoms with Crippen LogP contribution in [0, 0.1) is 0 Å². The van der Waals surface area contributed by atoms with Crippen molar-refractivity contribution in [3.05, 3.63) is 12.3 Å². The van der Waals surface area contributed by atoms with Gasteiger partial charge in [-0.15, -0.1) is 0 Å². The molecular weight excluding hydrogens is 192 g/mol. The summed E-state index contributed by atoms with van der Waals surface area (Å²) in [6, 6.07) is -0.193. The van der Waals surface area contributed by atoms with Gasteiger partial charge in [0.1, 0.15) is 6.04 Å². The first-order chi connectivity index (χ1) is 7.10. The molecule has 0 bridgehead atoms. The molecule has 1 unspecified atom stereocenters. The van der Waals surface area contributed by atoms with Crippen LogP contribution in [0.4, 0.5) is 0 Å². The van der Waals surface area contributed by atoms with E-state index < -0.39 is 0 Å². The number of piperazine rings is 1. The fourth-order valence-corrected chi connectivity index (χ4v) is 1.92. The molecule has 1 fully saturated rings. The Morgan fingerprint density at radius 2 is 2.20 bits per heavy atom. The van der Waals surface area contributed by atoms with Crippen LogP contribution in [0.2, 0.25) is 0 Å². The molecule has 1 heterocycles. The number of hydrogen-bond donors (Lipinski definition) is 0. The van der Waals surface area contributed by atoms with Crippen LogP contribution in [0.15, 0.2) is 12.3 Å². The van der Waals surface area contributed by atoms with E-state index in [9.17, 15) is 4.79 Å². The van der Waals surface area contributed by atoms with E-state index in [1.807, 2.05) is 11.8 Å². The van der Waals surface area contributed by atoms with Crippen molar-refractivity contribution in [1.82, 2.24) is 9.80 Å². The lowest BCUT2D eigenvalue weighted by molar-refractivity contribution is -0.148. The van der Waals surface area contributed by atoms with E-state index in [0.29, 0.717) is 0 Å². The van der Waals surface area contributed by atoms with Gasteiger partial charge in [0, 0.05) is 25.3 Å². The SMILES string of the molecule is C=C(C)N1CCN(CC)CC1C(=O)OC. The van der Waals surface area contributed by atoms with Crippen LogP contribution in [0.3, 0.4) is 0 Å². The maximum atomic E-state index is 11.6. The Hall–Kier alpha value is -1.03. The zero-order chi connectivity index (χ0) is 11.4. The van der Waals surface area contributed by atoms with Crippen LogP contribution in [0.5, 0.6) is 0 Å². The van der Waals surface area contributed by atoms with Crippen molar-refractivity contribution in [2.24, 2.45) is 0 Å². The van der Waals surface area contributed by atoms with Gasteiger partial charge in [-0.1, -0.05) is 13.5 Å². The molecule has 0 amide bonds. The third-order valence-corrected chi connectivity index (χ3v) is 2.88. The van der Waals surface area contributed by atoms with Crippen LogP contribution < -0.4 is 0 Å². The lowest BCUT2D eigenvalue weighted by Gasteiger charge is -2.40. The molecule has 1 aliphatic heterocycles. The molecule has 0 aromatic heterocycles. The molecule has 0 aromatic carbocycles. The van der Waals surface area contributed by atoms with Crippen LogP contribution in [0.25, 0.3) is 0 Å². The highest BCUT2D eigenvalue weighted by Crippen LogP contribution is 2.15. The van der Waals surface area contributed by atoms with Gasteiger partial charge in [0.2, 0.25) is 0 Å². The summed E-state index contributed by atoms with van der Waals surface area (Å²) in [6.45, 7) is 11.5. The van der Waals surface area contributed by atoms with Crippen molar-refractivity contribution >= 4 is 5.97 Å². The molecule has 1 rings (SSSR count). The average Bonchev–Trinajstić information content (AvgIpc) is 2.26. The van der Waals surface area contributed by atoms with Crippen molar-refractivity contribution in [2.45, 2.75) is 19.9 Å². The minimum absolute atomic E-state index is 0.170. The Morgan fingerprint density at radius 1 is 1.53 bits per heavy atom. The highest BCUT2D eigenvalue weighted by molar-refractivity contribution is 5.76. The maximum absolute atomic E-state index is 11.6. The smallest absolute Gasteiger partial charge is 0.329 e. The summed E-state index contributed by atoms with van der Waals surface area (Å²) >= 11 is 0. The Balaban J connectivity index is 2.73. The van der Waals surface area contributed by atoms with Crippen molar-refractivity contribution < 1.29 is 9.53 Å². The van der Waals surface area contributed by atoms with Gasteiger partial charge in [0.25, 0.3) is 0 Å². The topological polar surface area (TPSA) is 32.8 Å². The van der Waals surface area contributed by atoms with E-state index in [4.69, 9.17) is 4.74 Å². The monoisotopic (exact) mass is 212 g/mol. The second-order valence-corrected chi connectivity index (χ2v) is 3.86. The van der Waals surface area contributed by atoms with Crippen molar-refractivity contribution in [2.75, 3.05) is 33.3 Å². The number of nitrogens with zero attached hydrogens (tertiary/aromatic N) is 2. The lowest BCUT2D eigenvalue weighted by atomic mass is 10.1. The summed E-state index contributed by atoms with van der Waals surface area (Å²) in [4.78, 5) is 15.9. The van der Waals surface area contributed by atoms with Gasteiger partial charge in [0.05, 0.1) is 7.11 Å². The summed E-state index contributed by atoms with van der Waals surface area (Å²) in [5.74, 6) is -0.170. The number of ether oxygens (including phenoxy) is 1. The van der Waals surface area contributed by atoms with Crippen molar-refractivity contribution in [1.29, 1.82) is 0 Å². The number of rotatable bonds is 3. The fourth-order valence-electron chi connectivity index (χ4n) is 1.92. The average molecular weight is 212 g/mol. The van der Waals surface area contributed by atoms with Gasteiger partial charge in [-0.25, -0.2) is 4.79 Å². The van der Waals surface area contributed by atoms with E-state index >= 15 is 0 Å². The minimum atomic E-state index is -0.193. The third-order valence-electron chi connectivity index (χ3n) is 2.88. The largest absolute Gasteiger partial charge is 0.467 e. The second kappa shape index (κ2) is 5.16. The molecule has 15 heavy (non-hydrogen) atoms. The Bertz CT molecular complexity index is 253. The first-order valence-electron chi connectivity index (χ1n) is 5.32. The van der Waals surface area contributed by atoms with E-state index in [-0.39, 0.29) is 12.0 Å². The highest BCUT2D eigenvalue weighted by atomic mass is 16.5. The van der Waals surface area contributed by atoms with E-state index in [0.717, 1.165) is 31.9 Å². The lowest BCUT2D eigenvalue weighted by Crippen LogP contribution is -2.55. The van der Waals surface area contributed by atoms with E-state index in [2.05, 4.69) is 18.4 Å². The molecule has 0 aliphatic carbocycles. The molecule has 0 aromatic rings. The van der Waals surface area contributed by atoms with Crippen LogP contribution in [-0.4, -0.2) is 55.1 Å². The zero-order valence-corrected chi connectivity index (χ0v) is 9.82. The first-order valence-corrected chi connectivity index (χ1v) is 5.32. The molecule has 1 saturated heterocycles. The Kier molecular flexibility index (Phi) is 4.15. The van der Waals surface area contributed by atoms with Crippen molar-refractivity contribution in [3.8, 4) is 0 Å². The normalized spacial score (nSPS) is 22.6. The molecule has 0 radical (unpaired) electrons. The Labute approximate surface area is 91.5 Å².